The molecule has 2 aromatic carbocycles. The van der Waals surface area contributed by atoms with E-state index >= 15 is 0 Å². The van der Waals surface area contributed by atoms with Crippen LogP contribution in [-0.4, -0.2) is 66.1 Å². The maximum atomic E-state index is 14.2. The van der Waals surface area contributed by atoms with E-state index in [2.05, 4.69) is 57.4 Å². The molecule has 1 fully saturated rings. The summed E-state index contributed by atoms with van der Waals surface area (Å²) in [5, 5.41) is 12.1. The Balaban J connectivity index is 1.81. The Labute approximate surface area is 246 Å². The second-order valence-electron chi connectivity index (χ2n) is 12.2. The zero-order valence-corrected chi connectivity index (χ0v) is 26.0. The monoisotopic (exact) mass is 575 g/mol. The molecule has 0 spiro atoms. The van der Waals surface area contributed by atoms with Gasteiger partial charge in [-0.1, -0.05) is 89.0 Å². The van der Waals surface area contributed by atoms with Crippen LogP contribution in [0.2, 0.25) is 10.0 Å². The number of nitrogens with zero attached hydrogens (tertiary/aromatic N) is 3. The fourth-order valence-electron chi connectivity index (χ4n) is 5.54. The lowest BCUT2D eigenvalue weighted by atomic mass is 9.97. The minimum absolute atomic E-state index is 0.162. The van der Waals surface area contributed by atoms with E-state index in [9.17, 15) is 9.90 Å². The highest BCUT2D eigenvalue weighted by atomic mass is 35.5. The number of aliphatic hydroxyl groups is 1. The van der Waals surface area contributed by atoms with Crippen LogP contribution in [0.1, 0.15) is 65.2 Å². The highest BCUT2D eigenvalue weighted by Crippen LogP contribution is 2.31. The SMILES string of the molecule is CC(C)CC(O)c1ccccc1N1CCN(C(=O)[C@@H](Cc2ccc(Cl)cc2Cl)N(CC(C)C)CC(C)C)CC1. The minimum atomic E-state index is -0.491. The number of piperazine rings is 1. The van der Waals surface area contributed by atoms with Crippen molar-refractivity contribution in [3.63, 3.8) is 0 Å². The molecule has 2 aromatic rings. The van der Waals surface area contributed by atoms with Crippen molar-refractivity contribution in [3.05, 3.63) is 63.6 Å². The zero-order chi connectivity index (χ0) is 28.7. The van der Waals surface area contributed by atoms with E-state index < -0.39 is 6.10 Å². The van der Waals surface area contributed by atoms with E-state index in [4.69, 9.17) is 23.2 Å². The Morgan fingerprint density at radius 2 is 1.51 bits per heavy atom. The topological polar surface area (TPSA) is 47.0 Å². The Hall–Kier alpha value is -1.79. The maximum absolute atomic E-state index is 14.2. The molecule has 0 radical (unpaired) electrons. The molecule has 0 aromatic heterocycles. The molecular weight excluding hydrogens is 529 g/mol. The predicted molar refractivity (Wildman–Crippen MR) is 165 cm³/mol. The number of carbonyl (C=O) groups is 1. The van der Waals surface area contributed by atoms with Gasteiger partial charge in [-0.3, -0.25) is 9.69 Å². The summed E-state index contributed by atoms with van der Waals surface area (Å²) < 4.78 is 0. The van der Waals surface area contributed by atoms with Crippen LogP contribution in [0.15, 0.2) is 42.5 Å². The molecule has 1 N–H and O–H groups in total. The van der Waals surface area contributed by atoms with Crippen LogP contribution in [0.4, 0.5) is 5.69 Å². The van der Waals surface area contributed by atoms with E-state index in [1.54, 1.807) is 6.07 Å². The summed E-state index contributed by atoms with van der Waals surface area (Å²) in [6.45, 7) is 17.5. The summed E-state index contributed by atoms with van der Waals surface area (Å²) in [5.41, 5.74) is 2.99. The zero-order valence-electron chi connectivity index (χ0n) is 24.5. The number of hydrogen-bond donors (Lipinski definition) is 1. The van der Waals surface area contributed by atoms with Crippen LogP contribution in [0.5, 0.6) is 0 Å². The smallest absolute Gasteiger partial charge is 0.240 e. The third-order valence-corrected chi connectivity index (χ3v) is 7.86. The number of para-hydroxylation sites is 1. The second-order valence-corrected chi connectivity index (χ2v) is 13.1. The standard InChI is InChI=1S/C32H47Cl2N3O2/c1-22(2)17-31(38)27-9-7-8-10-29(27)35-13-15-36(16-14-35)32(39)30(37(20-23(3)4)21-24(5)6)18-25-11-12-26(33)19-28(25)34/h7-12,19,22-24,30-31,38H,13-18,20-21H2,1-6H3/t30-,31?/m1/s1. The summed E-state index contributed by atoms with van der Waals surface area (Å²) in [6.07, 6.45) is 0.792. The fraction of sp³-hybridized carbons (Fsp3) is 0.594. The molecule has 1 aliphatic heterocycles. The van der Waals surface area contributed by atoms with Gasteiger partial charge in [0.1, 0.15) is 0 Å². The summed E-state index contributed by atoms with van der Waals surface area (Å²) in [4.78, 5) is 20.9. The lowest BCUT2D eigenvalue weighted by Crippen LogP contribution is -2.56. The number of hydrogen-bond acceptors (Lipinski definition) is 4. The van der Waals surface area contributed by atoms with Crippen LogP contribution < -0.4 is 4.90 Å². The van der Waals surface area contributed by atoms with Crippen molar-refractivity contribution in [2.45, 2.75) is 66.5 Å². The number of anilines is 1. The maximum Gasteiger partial charge on any atom is 0.240 e. The lowest BCUT2D eigenvalue weighted by molar-refractivity contribution is -0.137. The molecule has 1 amide bonds. The number of amides is 1. The fourth-order valence-corrected chi connectivity index (χ4v) is 6.03. The normalized spacial score (nSPS) is 16.0. The van der Waals surface area contributed by atoms with E-state index in [1.165, 1.54) is 0 Å². The van der Waals surface area contributed by atoms with Crippen molar-refractivity contribution in [2.24, 2.45) is 17.8 Å². The largest absolute Gasteiger partial charge is 0.388 e. The molecule has 7 heteroatoms. The second kappa shape index (κ2) is 14.7. The third kappa shape index (κ3) is 9.11. The first-order chi connectivity index (χ1) is 18.5. The average molecular weight is 577 g/mol. The Bertz CT molecular complexity index is 1060. The van der Waals surface area contributed by atoms with E-state index in [0.29, 0.717) is 47.3 Å². The van der Waals surface area contributed by atoms with Crippen molar-refractivity contribution in [1.82, 2.24) is 9.80 Å². The van der Waals surface area contributed by atoms with Gasteiger partial charge in [-0.2, -0.15) is 0 Å². The summed E-state index contributed by atoms with van der Waals surface area (Å²) in [7, 11) is 0. The number of carbonyl (C=O) groups excluding carboxylic acids is 1. The van der Waals surface area contributed by atoms with Gasteiger partial charge in [0.25, 0.3) is 0 Å². The highest BCUT2D eigenvalue weighted by molar-refractivity contribution is 6.35. The molecular formula is C32H47Cl2N3O2. The molecule has 1 aliphatic rings. The molecule has 1 saturated heterocycles. The molecule has 39 heavy (non-hydrogen) atoms. The van der Waals surface area contributed by atoms with Gasteiger partial charge in [0.15, 0.2) is 0 Å². The molecule has 0 aliphatic carbocycles. The quantitative estimate of drug-likeness (QED) is 0.297. The van der Waals surface area contributed by atoms with Gasteiger partial charge in [0.05, 0.1) is 12.1 Å². The van der Waals surface area contributed by atoms with Gasteiger partial charge in [-0.25, -0.2) is 0 Å². The van der Waals surface area contributed by atoms with Crippen LogP contribution >= 0.6 is 23.2 Å². The first-order valence-electron chi connectivity index (χ1n) is 14.4. The number of benzene rings is 2. The predicted octanol–water partition coefficient (Wildman–Crippen LogP) is 6.95. The summed E-state index contributed by atoms with van der Waals surface area (Å²) in [6, 6.07) is 13.4. The molecule has 1 heterocycles. The van der Waals surface area contributed by atoms with Gasteiger partial charge in [-0.15, -0.1) is 0 Å². The molecule has 2 atom stereocenters. The molecule has 216 valence electrons. The van der Waals surface area contributed by atoms with Crippen LogP contribution in [-0.2, 0) is 11.2 Å². The van der Waals surface area contributed by atoms with Gasteiger partial charge in [-0.05, 0) is 54.4 Å². The van der Waals surface area contributed by atoms with Gasteiger partial charge >= 0.3 is 0 Å². The Morgan fingerprint density at radius 1 is 0.897 bits per heavy atom. The summed E-state index contributed by atoms with van der Waals surface area (Å²) in [5.74, 6) is 1.44. The van der Waals surface area contributed by atoms with Crippen LogP contribution in [0.25, 0.3) is 0 Å². The molecule has 3 rings (SSSR count). The number of aliphatic hydroxyl groups excluding tert-OH is 1. The van der Waals surface area contributed by atoms with Crippen molar-refractivity contribution in [2.75, 3.05) is 44.2 Å². The Kier molecular flexibility index (Phi) is 12.0. The van der Waals surface area contributed by atoms with E-state index in [0.717, 1.165) is 49.4 Å². The minimum Gasteiger partial charge on any atom is -0.388 e. The van der Waals surface area contributed by atoms with Crippen molar-refractivity contribution < 1.29 is 9.90 Å². The van der Waals surface area contributed by atoms with Gasteiger partial charge in [0.2, 0.25) is 5.91 Å². The highest BCUT2D eigenvalue weighted by Gasteiger charge is 2.33. The number of halogens is 2. The third-order valence-electron chi connectivity index (χ3n) is 7.28. The van der Waals surface area contributed by atoms with Gasteiger partial charge in [0, 0.05) is 60.6 Å². The molecule has 0 saturated carbocycles. The molecule has 0 bridgehead atoms. The van der Waals surface area contributed by atoms with Crippen LogP contribution in [0.3, 0.4) is 0 Å². The first kappa shape index (κ1) is 31.7. The van der Waals surface area contributed by atoms with Gasteiger partial charge < -0.3 is 14.9 Å². The number of rotatable bonds is 12. The first-order valence-corrected chi connectivity index (χ1v) is 15.2. The van der Waals surface area contributed by atoms with Crippen molar-refractivity contribution in [3.8, 4) is 0 Å². The average Bonchev–Trinajstić information content (AvgIpc) is 2.86. The molecule has 5 nitrogen and oxygen atoms in total. The Morgan fingerprint density at radius 3 is 2.08 bits per heavy atom. The van der Waals surface area contributed by atoms with Crippen molar-refractivity contribution in [1.29, 1.82) is 0 Å². The van der Waals surface area contributed by atoms with E-state index in [1.807, 2.05) is 35.2 Å². The summed E-state index contributed by atoms with van der Waals surface area (Å²) >= 11 is 12.8. The van der Waals surface area contributed by atoms with Crippen LogP contribution in [0, 0.1) is 17.8 Å². The molecule has 1 unspecified atom stereocenters. The lowest BCUT2D eigenvalue weighted by Gasteiger charge is -2.41. The van der Waals surface area contributed by atoms with E-state index in [-0.39, 0.29) is 11.9 Å². The van der Waals surface area contributed by atoms with Crippen molar-refractivity contribution >= 4 is 34.8 Å².